The van der Waals surface area contributed by atoms with Gasteiger partial charge in [0.2, 0.25) is 0 Å². The normalized spacial score (nSPS) is 10.3. The topological polar surface area (TPSA) is 39.1 Å². The number of aromatic nitrogens is 1. The van der Waals surface area contributed by atoms with Crippen LogP contribution in [0.1, 0.15) is 41.4 Å². The van der Waals surface area contributed by atoms with Gasteiger partial charge in [0.05, 0.1) is 5.56 Å². The van der Waals surface area contributed by atoms with Crippen LogP contribution in [0.2, 0.25) is 0 Å². The number of hydrogen-bond acceptors (Lipinski definition) is 2. The minimum absolute atomic E-state index is 0.157. The molecule has 0 N–H and O–H groups in total. The first-order valence-electron chi connectivity index (χ1n) is 5.28. The van der Waals surface area contributed by atoms with Crippen LogP contribution < -0.4 is 5.56 Å². The van der Waals surface area contributed by atoms with Crippen LogP contribution in [0.4, 0.5) is 0 Å². The van der Waals surface area contributed by atoms with E-state index in [1.165, 1.54) is 0 Å². The molecule has 3 nitrogen and oxygen atoms in total. The molecule has 0 amide bonds. The van der Waals surface area contributed by atoms with E-state index in [1.807, 2.05) is 13.0 Å². The lowest BCUT2D eigenvalue weighted by atomic mass is 10.1. The van der Waals surface area contributed by atoms with E-state index in [9.17, 15) is 9.59 Å². The van der Waals surface area contributed by atoms with Crippen molar-refractivity contribution in [3.05, 3.63) is 33.2 Å². The number of rotatable bonds is 4. The number of unbranched alkanes of at least 4 members (excludes halogenated alkanes) is 1. The Morgan fingerprint density at radius 3 is 2.60 bits per heavy atom. The smallest absolute Gasteiger partial charge is 0.261 e. The molecule has 0 saturated carbocycles. The molecule has 0 radical (unpaired) electrons. The molecule has 0 saturated heterocycles. The molecule has 0 atom stereocenters. The molecule has 0 aliphatic heterocycles. The van der Waals surface area contributed by atoms with Crippen molar-refractivity contribution in [3.8, 4) is 0 Å². The average Bonchev–Trinajstić information content (AvgIpc) is 2.17. The van der Waals surface area contributed by atoms with E-state index in [4.69, 9.17) is 0 Å². The van der Waals surface area contributed by atoms with Gasteiger partial charge in [-0.25, -0.2) is 0 Å². The molecule has 3 heteroatoms. The SMILES string of the molecule is CCCCn1c(C)cc(C)c(C=O)c1=O. The summed E-state index contributed by atoms with van der Waals surface area (Å²) in [6.45, 7) is 6.47. The molecule has 0 fully saturated rings. The quantitative estimate of drug-likeness (QED) is 0.709. The summed E-state index contributed by atoms with van der Waals surface area (Å²) in [4.78, 5) is 22.7. The molecule has 82 valence electrons. The molecule has 1 heterocycles. The third-order valence-electron chi connectivity index (χ3n) is 2.60. The summed E-state index contributed by atoms with van der Waals surface area (Å²) in [6.07, 6.45) is 2.65. The Labute approximate surface area is 89.7 Å². The van der Waals surface area contributed by atoms with Gasteiger partial charge in [0.15, 0.2) is 6.29 Å². The van der Waals surface area contributed by atoms with Gasteiger partial charge in [0, 0.05) is 12.2 Å². The zero-order valence-electron chi connectivity index (χ0n) is 9.54. The molecule has 15 heavy (non-hydrogen) atoms. The largest absolute Gasteiger partial charge is 0.312 e. The molecular weight excluding hydrogens is 190 g/mol. The predicted octanol–water partition coefficient (Wildman–Crippen LogP) is 2.08. The highest BCUT2D eigenvalue weighted by molar-refractivity contribution is 5.76. The molecule has 0 unspecified atom stereocenters. The van der Waals surface area contributed by atoms with Gasteiger partial charge < -0.3 is 4.57 Å². The lowest BCUT2D eigenvalue weighted by molar-refractivity contribution is 0.112. The zero-order valence-corrected chi connectivity index (χ0v) is 9.54. The van der Waals surface area contributed by atoms with Gasteiger partial charge in [-0.2, -0.15) is 0 Å². The van der Waals surface area contributed by atoms with Crippen LogP contribution in [-0.4, -0.2) is 10.9 Å². The van der Waals surface area contributed by atoms with Gasteiger partial charge in [-0.15, -0.1) is 0 Å². The molecular formula is C12H17NO2. The maximum Gasteiger partial charge on any atom is 0.261 e. The highest BCUT2D eigenvalue weighted by Crippen LogP contribution is 2.05. The third kappa shape index (κ3) is 2.35. The maximum absolute atomic E-state index is 11.9. The lowest BCUT2D eigenvalue weighted by Gasteiger charge is -2.11. The number of aryl methyl sites for hydroxylation is 2. The summed E-state index contributed by atoms with van der Waals surface area (Å²) in [7, 11) is 0. The van der Waals surface area contributed by atoms with Crippen LogP contribution in [-0.2, 0) is 6.54 Å². The van der Waals surface area contributed by atoms with Crippen LogP contribution >= 0.6 is 0 Å². The minimum Gasteiger partial charge on any atom is -0.312 e. The Bertz CT molecular complexity index is 418. The number of aldehydes is 1. The molecule has 0 aliphatic rings. The Morgan fingerprint density at radius 2 is 2.07 bits per heavy atom. The summed E-state index contributed by atoms with van der Waals surface area (Å²) in [6, 6.07) is 1.89. The second-order valence-corrected chi connectivity index (χ2v) is 3.81. The lowest BCUT2D eigenvalue weighted by Crippen LogP contribution is -2.26. The van der Waals surface area contributed by atoms with Gasteiger partial charge in [0.25, 0.3) is 5.56 Å². The van der Waals surface area contributed by atoms with Crippen LogP contribution in [0.15, 0.2) is 10.9 Å². The average molecular weight is 207 g/mol. The van der Waals surface area contributed by atoms with Gasteiger partial charge in [0.1, 0.15) is 0 Å². The summed E-state index contributed by atoms with van der Waals surface area (Å²) in [5.74, 6) is 0. The first-order chi connectivity index (χ1) is 7.11. The van der Waals surface area contributed by atoms with E-state index in [2.05, 4.69) is 6.92 Å². The van der Waals surface area contributed by atoms with E-state index < -0.39 is 0 Å². The van der Waals surface area contributed by atoms with Gasteiger partial charge >= 0.3 is 0 Å². The molecule has 0 aromatic carbocycles. The first kappa shape index (κ1) is 11.7. The maximum atomic E-state index is 11.9. The van der Waals surface area contributed by atoms with E-state index in [1.54, 1.807) is 11.5 Å². The third-order valence-corrected chi connectivity index (χ3v) is 2.60. The number of carbonyl (C=O) groups excluding carboxylic acids is 1. The fourth-order valence-corrected chi connectivity index (χ4v) is 1.68. The Hall–Kier alpha value is -1.38. The molecule has 1 rings (SSSR count). The highest BCUT2D eigenvalue weighted by atomic mass is 16.1. The van der Waals surface area contributed by atoms with E-state index in [-0.39, 0.29) is 11.1 Å². The first-order valence-corrected chi connectivity index (χ1v) is 5.28. The van der Waals surface area contributed by atoms with Gasteiger partial charge in [-0.3, -0.25) is 9.59 Å². The Kier molecular flexibility index (Phi) is 3.83. The number of nitrogens with zero attached hydrogens (tertiary/aromatic N) is 1. The second-order valence-electron chi connectivity index (χ2n) is 3.81. The molecule has 0 spiro atoms. The van der Waals surface area contributed by atoms with Crippen molar-refractivity contribution in [1.29, 1.82) is 0 Å². The fourth-order valence-electron chi connectivity index (χ4n) is 1.68. The van der Waals surface area contributed by atoms with Crippen molar-refractivity contribution in [3.63, 3.8) is 0 Å². The van der Waals surface area contributed by atoms with Crippen LogP contribution in [0.5, 0.6) is 0 Å². The number of pyridine rings is 1. The van der Waals surface area contributed by atoms with Gasteiger partial charge in [-0.05, 0) is 31.9 Å². The number of hydrogen-bond donors (Lipinski definition) is 0. The molecule has 1 aromatic rings. The van der Waals surface area contributed by atoms with Crippen LogP contribution in [0.25, 0.3) is 0 Å². The Balaban J connectivity index is 3.26. The standard InChI is InChI=1S/C12H17NO2/c1-4-5-6-13-10(3)7-9(2)11(8-14)12(13)15/h7-8H,4-6H2,1-3H3. The summed E-state index contributed by atoms with van der Waals surface area (Å²) in [5, 5.41) is 0. The van der Waals surface area contributed by atoms with Crippen LogP contribution in [0, 0.1) is 13.8 Å². The summed E-state index contributed by atoms with van der Waals surface area (Å²) >= 11 is 0. The van der Waals surface area contributed by atoms with Crippen molar-refractivity contribution in [2.75, 3.05) is 0 Å². The van der Waals surface area contributed by atoms with E-state index >= 15 is 0 Å². The van der Waals surface area contributed by atoms with Crippen molar-refractivity contribution >= 4 is 6.29 Å². The van der Waals surface area contributed by atoms with E-state index in [0.29, 0.717) is 12.8 Å². The highest BCUT2D eigenvalue weighted by Gasteiger charge is 2.08. The van der Waals surface area contributed by atoms with E-state index in [0.717, 1.165) is 24.1 Å². The Morgan fingerprint density at radius 1 is 1.40 bits per heavy atom. The van der Waals surface area contributed by atoms with Crippen molar-refractivity contribution in [1.82, 2.24) is 4.57 Å². The number of carbonyl (C=O) groups is 1. The van der Waals surface area contributed by atoms with Gasteiger partial charge in [-0.1, -0.05) is 13.3 Å². The second kappa shape index (κ2) is 4.91. The fraction of sp³-hybridized carbons (Fsp3) is 0.500. The molecule has 1 aromatic heterocycles. The van der Waals surface area contributed by atoms with Crippen LogP contribution in [0.3, 0.4) is 0 Å². The monoisotopic (exact) mass is 207 g/mol. The van der Waals surface area contributed by atoms with Crippen molar-refractivity contribution in [2.24, 2.45) is 0 Å². The predicted molar refractivity (Wildman–Crippen MR) is 60.5 cm³/mol. The summed E-state index contributed by atoms with van der Waals surface area (Å²) < 4.78 is 1.68. The van der Waals surface area contributed by atoms with Crippen molar-refractivity contribution in [2.45, 2.75) is 40.2 Å². The minimum atomic E-state index is -0.157. The molecule has 0 bridgehead atoms. The van der Waals surface area contributed by atoms with Crippen molar-refractivity contribution < 1.29 is 4.79 Å². The molecule has 0 aliphatic carbocycles. The summed E-state index contributed by atoms with van der Waals surface area (Å²) in [5.41, 5.74) is 1.82. The zero-order chi connectivity index (χ0) is 11.4.